The van der Waals surface area contributed by atoms with Crippen molar-refractivity contribution in [2.45, 2.75) is 26.7 Å². The van der Waals surface area contributed by atoms with Crippen molar-refractivity contribution in [1.29, 1.82) is 0 Å². The monoisotopic (exact) mass is 304 g/mol. The summed E-state index contributed by atoms with van der Waals surface area (Å²) in [6.45, 7) is 4.04. The zero-order valence-electron chi connectivity index (χ0n) is 13.5. The highest BCUT2D eigenvalue weighted by Gasteiger charge is 2.19. The molecule has 0 unspecified atom stereocenters. The Bertz CT molecular complexity index is 778. The molecule has 0 N–H and O–H groups in total. The average molecular weight is 304 g/mol. The summed E-state index contributed by atoms with van der Waals surface area (Å²) in [5.74, 6) is 1.52. The van der Waals surface area contributed by atoms with Gasteiger partial charge in [0.2, 0.25) is 5.43 Å². The van der Waals surface area contributed by atoms with Gasteiger partial charge in [0.05, 0.1) is 11.1 Å². The standard InChI is InChI=1S/C21H20O2/c1-3-17-19(15-11-7-5-8-12-15)21(22)20(18(4-2)23-17)16-13-9-6-10-14-16/h5-14H,3-4H2,1-2H3. The van der Waals surface area contributed by atoms with Crippen LogP contribution in [0.5, 0.6) is 0 Å². The molecule has 1 heterocycles. The third-order valence-electron chi connectivity index (χ3n) is 4.03. The summed E-state index contributed by atoms with van der Waals surface area (Å²) < 4.78 is 6.13. The Labute approximate surface area is 136 Å². The van der Waals surface area contributed by atoms with Crippen LogP contribution >= 0.6 is 0 Å². The Balaban J connectivity index is 2.35. The zero-order valence-corrected chi connectivity index (χ0v) is 13.5. The zero-order chi connectivity index (χ0) is 16.2. The highest BCUT2D eigenvalue weighted by molar-refractivity contribution is 5.74. The van der Waals surface area contributed by atoms with E-state index in [0.717, 1.165) is 22.6 Å². The molecule has 0 aliphatic rings. The van der Waals surface area contributed by atoms with E-state index < -0.39 is 0 Å². The molecule has 2 nitrogen and oxygen atoms in total. The van der Waals surface area contributed by atoms with E-state index in [9.17, 15) is 4.79 Å². The van der Waals surface area contributed by atoms with E-state index in [1.54, 1.807) is 0 Å². The molecule has 23 heavy (non-hydrogen) atoms. The molecule has 0 aliphatic carbocycles. The highest BCUT2D eigenvalue weighted by Crippen LogP contribution is 2.28. The first-order valence-corrected chi connectivity index (χ1v) is 8.06. The van der Waals surface area contributed by atoms with Crippen LogP contribution in [0.25, 0.3) is 22.3 Å². The lowest BCUT2D eigenvalue weighted by molar-refractivity contribution is 0.459. The summed E-state index contributed by atoms with van der Waals surface area (Å²) in [5, 5.41) is 0. The maximum absolute atomic E-state index is 13.3. The molecule has 2 heteroatoms. The number of rotatable bonds is 4. The third kappa shape index (κ3) is 2.85. The van der Waals surface area contributed by atoms with Crippen LogP contribution in [0.3, 0.4) is 0 Å². The lowest BCUT2D eigenvalue weighted by atomic mass is 9.96. The number of hydrogen-bond donors (Lipinski definition) is 0. The summed E-state index contributed by atoms with van der Waals surface area (Å²) in [6.07, 6.45) is 1.39. The molecule has 0 bridgehead atoms. The lowest BCUT2D eigenvalue weighted by Gasteiger charge is -2.13. The second-order valence-corrected chi connectivity index (χ2v) is 5.47. The van der Waals surface area contributed by atoms with Crippen LogP contribution in [0.15, 0.2) is 69.9 Å². The Hall–Kier alpha value is -2.61. The Morgan fingerprint density at radius 2 is 1.09 bits per heavy atom. The van der Waals surface area contributed by atoms with Gasteiger partial charge in [-0.3, -0.25) is 4.79 Å². The molecule has 0 spiro atoms. The SMILES string of the molecule is CCc1oc(CC)c(-c2ccccc2)c(=O)c1-c1ccccc1. The van der Waals surface area contributed by atoms with Gasteiger partial charge in [0.1, 0.15) is 11.5 Å². The molecule has 3 rings (SSSR count). The minimum absolute atomic E-state index is 0.0577. The molecular weight excluding hydrogens is 284 g/mol. The van der Waals surface area contributed by atoms with Crippen molar-refractivity contribution in [3.63, 3.8) is 0 Å². The first-order valence-electron chi connectivity index (χ1n) is 8.06. The number of aryl methyl sites for hydroxylation is 2. The summed E-state index contributed by atoms with van der Waals surface area (Å²) in [7, 11) is 0. The largest absolute Gasteiger partial charge is 0.465 e. The van der Waals surface area contributed by atoms with Crippen molar-refractivity contribution in [3.8, 4) is 22.3 Å². The van der Waals surface area contributed by atoms with Crippen LogP contribution in [-0.2, 0) is 12.8 Å². The molecule has 0 amide bonds. The fourth-order valence-corrected chi connectivity index (χ4v) is 2.92. The van der Waals surface area contributed by atoms with Crippen LogP contribution in [0, 0.1) is 0 Å². The maximum Gasteiger partial charge on any atom is 0.201 e. The average Bonchev–Trinajstić information content (AvgIpc) is 2.62. The Morgan fingerprint density at radius 3 is 1.43 bits per heavy atom. The second-order valence-electron chi connectivity index (χ2n) is 5.47. The van der Waals surface area contributed by atoms with E-state index in [4.69, 9.17) is 4.42 Å². The van der Waals surface area contributed by atoms with Crippen LogP contribution < -0.4 is 5.43 Å². The van der Waals surface area contributed by atoms with Crippen LogP contribution in [0.2, 0.25) is 0 Å². The van der Waals surface area contributed by atoms with Gasteiger partial charge in [-0.2, -0.15) is 0 Å². The summed E-state index contributed by atoms with van der Waals surface area (Å²) in [6, 6.07) is 19.6. The molecule has 0 fully saturated rings. The van der Waals surface area contributed by atoms with Gasteiger partial charge >= 0.3 is 0 Å². The number of benzene rings is 2. The van der Waals surface area contributed by atoms with Gasteiger partial charge < -0.3 is 4.42 Å². The molecule has 0 radical (unpaired) electrons. The van der Waals surface area contributed by atoms with Gasteiger partial charge in [0.15, 0.2) is 0 Å². The quantitative estimate of drug-likeness (QED) is 0.671. The van der Waals surface area contributed by atoms with Crippen molar-refractivity contribution in [2.24, 2.45) is 0 Å². The molecule has 3 aromatic rings. The van der Waals surface area contributed by atoms with Crippen molar-refractivity contribution >= 4 is 0 Å². The van der Waals surface area contributed by atoms with Gasteiger partial charge in [-0.1, -0.05) is 74.5 Å². The van der Waals surface area contributed by atoms with E-state index in [2.05, 4.69) is 0 Å². The van der Waals surface area contributed by atoms with Crippen LogP contribution in [-0.4, -0.2) is 0 Å². The molecule has 116 valence electrons. The van der Waals surface area contributed by atoms with E-state index in [-0.39, 0.29) is 5.43 Å². The van der Waals surface area contributed by atoms with E-state index >= 15 is 0 Å². The van der Waals surface area contributed by atoms with Gasteiger partial charge in [-0.25, -0.2) is 0 Å². The van der Waals surface area contributed by atoms with E-state index in [1.165, 1.54) is 0 Å². The van der Waals surface area contributed by atoms with Gasteiger partial charge in [0, 0.05) is 12.8 Å². The molecular formula is C21H20O2. The minimum Gasteiger partial charge on any atom is -0.465 e. The maximum atomic E-state index is 13.3. The van der Waals surface area contributed by atoms with Crippen molar-refractivity contribution in [2.75, 3.05) is 0 Å². The second kappa shape index (κ2) is 6.66. The van der Waals surface area contributed by atoms with Crippen LogP contribution in [0.1, 0.15) is 25.4 Å². The minimum atomic E-state index is 0.0577. The Kier molecular flexibility index (Phi) is 4.42. The molecule has 0 aliphatic heterocycles. The van der Waals surface area contributed by atoms with E-state index in [1.807, 2.05) is 74.5 Å². The van der Waals surface area contributed by atoms with E-state index in [0.29, 0.717) is 24.0 Å². The fourth-order valence-electron chi connectivity index (χ4n) is 2.92. The van der Waals surface area contributed by atoms with Crippen LogP contribution in [0.4, 0.5) is 0 Å². The Morgan fingerprint density at radius 1 is 0.696 bits per heavy atom. The molecule has 2 aromatic carbocycles. The molecule has 0 saturated heterocycles. The molecule has 0 saturated carbocycles. The molecule has 1 aromatic heterocycles. The smallest absolute Gasteiger partial charge is 0.201 e. The first kappa shape index (κ1) is 15.3. The summed E-state index contributed by atoms with van der Waals surface area (Å²) in [5.41, 5.74) is 3.26. The number of hydrogen-bond acceptors (Lipinski definition) is 2. The summed E-state index contributed by atoms with van der Waals surface area (Å²) in [4.78, 5) is 13.3. The van der Waals surface area contributed by atoms with Gasteiger partial charge in [-0.05, 0) is 11.1 Å². The first-order chi connectivity index (χ1) is 11.3. The normalized spacial score (nSPS) is 10.7. The van der Waals surface area contributed by atoms with Gasteiger partial charge in [-0.15, -0.1) is 0 Å². The predicted molar refractivity (Wildman–Crippen MR) is 94.6 cm³/mol. The van der Waals surface area contributed by atoms with Crippen molar-refractivity contribution in [3.05, 3.63) is 82.4 Å². The van der Waals surface area contributed by atoms with Crippen molar-refractivity contribution in [1.82, 2.24) is 0 Å². The fraction of sp³-hybridized carbons (Fsp3) is 0.190. The van der Waals surface area contributed by atoms with Crippen molar-refractivity contribution < 1.29 is 4.42 Å². The highest BCUT2D eigenvalue weighted by atomic mass is 16.3. The predicted octanol–water partition coefficient (Wildman–Crippen LogP) is 5.10. The third-order valence-corrected chi connectivity index (χ3v) is 4.03. The molecule has 0 atom stereocenters. The summed E-state index contributed by atoms with van der Waals surface area (Å²) >= 11 is 0. The topological polar surface area (TPSA) is 30.2 Å². The van der Waals surface area contributed by atoms with Gasteiger partial charge in [0.25, 0.3) is 0 Å². The lowest BCUT2D eigenvalue weighted by Crippen LogP contribution is -2.14.